The van der Waals surface area contributed by atoms with E-state index in [1.54, 1.807) is 0 Å². The lowest BCUT2D eigenvalue weighted by Gasteiger charge is -2.17. The van der Waals surface area contributed by atoms with E-state index in [9.17, 15) is 0 Å². The zero-order chi connectivity index (χ0) is 6.91. The SMILES string of the molecule is C[Si](Cl)(Cl)C1CCCC1. The fraction of sp³-hybridized carbons (Fsp3) is 1.00. The third-order valence-corrected chi connectivity index (χ3v) is 5.93. The maximum absolute atomic E-state index is 6.04. The summed E-state index contributed by atoms with van der Waals surface area (Å²) in [4.78, 5) is 0. The van der Waals surface area contributed by atoms with E-state index < -0.39 is 6.69 Å². The second-order valence-electron chi connectivity index (χ2n) is 2.94. The third-order valence-electron chi connectivity index (χ3n) is 2.07. The second kappa shape index (κ2) is 2.81. The van der Waals surface area contributed by atoms with Crippen LogP contribution in [-0.4, -0.2) is 6.69 Å². The molecule has 0 spiro atoms. The first kappa shape index (κ1) is 7.90. The van der Waals surface area contributed by atoms with Gasteiger partial charge in [0.25, 0.3) is 6.69 Å². The van der Waals surface area contributed by atoms with Crippen LogP contribution in [0.3, 0.4) is 0 Å². The smallest absolute Gasteiger partial charge is 0.146 e. The summed E-state index contributed by atoms with van der Waals surface area (Å²) in [5.74, 6) is 0. The molecule has 0 amide bonds. The van der Waals surface area contributed by atoms with Gasteiger partial charge in [0.15, 0.2) is 0 Å². The highest BCUT2D eigenvalue weighted by atomic mass is 35.7. The van der Waals surface area contributed by atoms with Gasteiger partial charge in [0, 0.05) is 0 Å². The van der Waals surface area contributed by atoms with Crippen molar-refractivity contribution < 1.29 is 0 Å². The molecule has 0 bridgehead atoms. The summed E-state index contributed by atoms with van der Waals surface area (Å²) in [5.41, 5.74) is 0.681. The van der Waals surface area contributed by atoms with Gasteiger partial charge in [-0.1, -0.05) is 25.7 Å². The maximum Gasteiger partial charge on any atom is 0.251 e. The van der Waals surface area contributed by atoms with Gasteiger partial charge in [-0.25, -0.2) is 0 Å². The van der Waals surface area contributed by atoms with Gasteiger partial charge in [0.2, 0.25) is 0 Å². The molecule has 0 aromatic rings. The molecule has 0 atom stereocenters. The first-order chi connectivity index (χ1) is 4.11. The minimum Gasteiger partial charge on any atom is -0.146 e. The van der Waals surface area contributed by atoms with E-state index in [1.165, 1.54) is 25.7 Å². The Kier molecular flexibility index (Phi) is 2.47. The van der Waals surface area contributed by atoms with Gasteiger partial charge in [-0.05, 0) is 12.1 Å². The molecule has 0 nitrogen and oxygen atoms in total. The molecule has 0 N–H and O–H groups in total. The zero-order valence-electron chi connectivity index (χ0n) is 5.66. The molecular formula is C6H12Cl2Si. The highest BCUT2D eigenvalue weighted by Crippen LogP contribution is 2.42. The molecular weight excluding hydrogens is 171 g/mol. The number of halogens is 2. The van der Waals surface area contributed by atoms with Crippen LogP contribution in [-0.2, 0) is 0 Å². The fourth-order valence-corrected chi connectivity index (χ4v) is 4.16. The van der Waals surface area contributed by atoms with Crippen molar-refractivity contribution in [2.24, 2.45) is 0 Å². The van der Waals surface area contributed by atoms with Crippen LogP contribution >= 0.6 is 22.2 Å². The molecule has 0 saturated heterocycles. The third kappa shape index (κ3) is 2.13. The van der Waals surface area contributed by atoms with Crippen LogP contribution in [0.5, 0.6) is 0 Å². The summed E-state index contributed by atoms with van der Waals surface area (Å²) in [7, 11) is 0. The van der Waals surface area contributed by atoms with E-state index >= 15 is 0 Å². The van der Waals surface area contributed by atoms with Crippen LogP contribution in [0.15, 0.2) is 0 Å². The van der Waals surface area contributed by atoms with Gasteiger partial charge in [0.05, 0.1) is 0 Å². The Bertz CT molecular complexity index is 91.7. The van der Waals surface area contributed by atoms with Crippen molar-refractivity contribution in [1.29, 1.82) is 0 Å². The van der Waals surface area contributed by atoms with Gasteiger partial charge in [0.1, 0.15) is 0 Å². The maximum atomic E-state index is 6.04. The average molecular weight is 183 g/mol. The van der Waals surface area contributed by atoms with Gasteiger partial charge in [-0.3, -0.25) is 0 Å². The van der Waals surface area contributed by atoms with Crippen molar-refractivity contribution >= 4 is 28.9 Å². The van der Waals surface area contributed by atoms with Crippen LogP contribution in [0.2, 0.25) is 12.1 Å². The summed E-state index contributed by atoms with van der Waals surface area (Å²) < 4.78 is 0. The molecule has 1 rings (SSSR count). The first-order valence-corrected chi connectivity index (χ1v) is 8.08. The Balaban J connectivity index is 2.42. The van der Waals surface area contributed by atoms with Crippen molar-refractivity contribution in [2.75, 3.05) is 0 Å². The summed E-state index contributed by atoms with van der Waals surface area (Å²) in [6.07, 6.45) is 5.23. The summed E-state index contributed by atoms with van der Waals surface area (Å²) in [5, 5.41) is 0. The Morgan fingerprint density at radius 1 is 1.22 bits per heavy atom. The molecule has 0 aliphatic heterocycles. The minimum absolute atomic E-state index is 0.681. The Hall–Kier alpha value is 0.797. The molecule has 9 heavy (non-hydrogen) atoms. The quantitative estimate of drug-likeness (QED) is 0.431. The lowest BCUT2D eigenvalue weighted by Crippen LogP contribution is -2.19. The predicted molar refractivity (Wildman–Crippen MR) is 45.5 cm³/mol. The van der Waals surface area contributed by atoms with Crippen molar-refractivity contribution in [3.8, 4) is 0 Å². The molecule has 0 heterocycles. The number of rotatable bonds is 1. The van der Waals surface area contributed by atoms with E-state index in [4.69, 9.17) is 22.2 Å². The Morgan fingerprint density at radius 3 is 1.89 bits per heavy atom. The number of hydrogen-bond donors (Lipinski definition) is 0. The second-order valence-corrected chi connectivity index (χ2v) is 11.0. The van der Waals surface area contributed by atoms with Crippen molar-refractivity contribution in [2.45, 2.75) is 37.8 Å². The highest BCUT2D eigenvalue weighted by molar-refractivity contribution is 7.45. The van der Waals surface area contributed by atoms with E-state index in [0.717, 1.165) is 0 Å². The zero-order valence-corrected chi connectivity index (χ0v) is 8.17. The average Bonchev–Trinajstić information content (AvgIpc) is 2.08. The molecule has 1 fully saturated rings. The van der Waals surface area contributed by atoms with Gasteiger partial charge in [-0.2, -0.15) is 0 Å². The molecule has 54 valence electrons. The van der Waals surface area contributed by atoms with Crippen LogP contribution in [0.25, 0.3) is 0 Å². The lowest BCUT2D eigenvalue weighted by molar-refractivity contribution is 0.860. The summed E-state index contributed by atoms with van der Waals surface area (Å²) >= 11 is 12.1. The molecule has 1 aliphatic rings. The first-order valence-electron chi connectivity index (χ1n) is 3.48. The van der Waals surface area contributed by atoms with Crippen molar-refractivity contribution in [3.63, 3.8) is 0 Å². The molecule has 0 aromatic heterocycles. The minimum atomic E-state index is -1.78. The Morgan fingerprint density at radius 2 is 1.67 bits per heavy atom. The van der Waals surface area contributed by atoms with Gasteiger partial charge >= 0.3 is 0 Å². The topological polar surface area (TPSA) is 0 Å². The summed E-state index contributed by atoms with van der Waals surface area (Å²) in [6.45, 7) is 0.254. The standard InChI is InChI=1S/C6H12Cl2Si/c1-9(7,8)6-4-2-3-5-6/h6H,2-5H2,1H3. The lowest BCUT2D eigenvalue weighted by atomic mass is 10.4. The highest BCUT2D eigenvalue weighted by Gasteiger charge is 2.34. The van der Waals surface area contributed by atoms with E-state index in [1.807, 2.05) is 6.55 Å². The fourth-order valence-electron chi connectivity index (χ4n) is 1.43. The van der Waals surface area contributed by atoms with Crippen molar-refractivity contribution in [3.05, 3.63) is 0 Å². The molecule has 1 aliphatic carbocycles. The number of hydrogen-bond acceptors (Lipinski definition) is 0. The molecule has 0 radical (unpaired) electrons. The molecule has 1 saturated carbocycles. The van der Waals surface area contributed by atoms with Crippen LogP contribution in [0.4, 0.5) is 0 Å². The summed E-state index contributed by atoms with van der Waals surface area (Å²) in [6, 6.07) is 0. The van der Waals surface area contributed by atoms with Gasteiger partial charge < -0.3 is 0 Å². The van der Waals surface area contributed by atoms with Crippen molar-refractivity contribution in [1.82, 2.24) is 0 Å². The normalized spacial score (nSPS) is 23.0. The van der Waals surface area contributed by atoms with Gasteiger partial charge in [-0.15, -0.1) is 22.2 Å². The Labute approximate surface area is 67.0 Å². The molecule has 0 unspecified atom stereocenters. The van der Waals surface area contributed by atoms with E-state index in [-0.39, 0.29) is 0 Å². The van der Waals surface area contributed by atoms with E-state index in [0.29, 0.717) is 5.54 Å². The monoisotopic (exact) mass is 182 g/mol. The molecule has 3 heteroatoms. The van der Waals surface area contributed by atoms with Crippen LogP contribution in [0, 0.1) is 0 Å². The van der Waals surface area contributed by atoms with E-state index in [2.05, 4.69) is 0 Å². The van der Waals surface area contributed by atoms with Crippen LogP contribution in [0.1, 0.15) is 25.7 Å². The van der Waals surface area contributed by atoms with Crippen LogP contribution < -0.4 is 0 Å². The largest absolute Gasteiger partial charge is 0.251 e. The predicted octanol–water partition coefficient (Wildman–Crippen LogP) is 3.48. The molecule has 0 aromatic carbocycles.